The van der Waals surface area contributed by atoms with Crippen LogP contribution in [0.15, 0.2) is 35.9 Å². The molecule has 148 valence electrons. The molecule has 0 bridgehead atoms. The number of likely N-dealkylation sites (tertiary alicyclic amines) is 1. The summed E-state index contributed by atoms with van der Waals surface area (Å²) in [5.41, 5.74) is -1.60. The van der Waals surface area contributed by atoms with E-state index in [1.165, 1.54) is 6.08 Å². The van der Waals surface area contributed by atoms with E-state index in [4.69, 9.17) is 0 Å². The van der Waals surface area contributed by atoms with Crippen LogP contribution in [0.5, 0.6) is 0 Å². The van der Waals surface area contributed by atoms with Gasteiger partial charge in [-0.15, -0.1) is 5.10 Å². The minimum Gasteiger partial charge on any atom is -0.392 e. The second kappa shape index (κ2) is 7.21. The van der Waals surface area contributed by atoms with Gasteiger partial charge in [-0.25, -0.2) is 0 Å². The van der Waals surface area contributed by atoms with Crippen LogP contribution in [0.2, 0.25) is 0 Å². The van der Waals surface area contributed by atoms with Crippen LogP contribution in [0, 0.1) is 0 Å². The molecule has 2 unspecified atom stereocenters. The summed E-state index contributed by atoms with van der Waals surface area (Å²) >= 11 is 0. The highest BCUT2D eigenvalue weighted by atomic mass is 19.4. The molecule has 2 aliphatic rings. The van der Waals surface area contributed by atoms with Crippen LogP contribution in [-0.4, -0.2) is 69.9 Å². The van der Waals surface area contributed by atoms with Crippen LogP contribution in [0.4, 0.5) is 19.0 Å². The van der Waals surface area contributed by atoms with E-state index in [9.17, 15) is 23.4 Å². The fraction of sp³-hybridized carbons (Fsp3) is 0.556. The molecule has 1 saturated heterocycles. The van der Waals surface area contributed by atoms with Crippen LogP contribution in [-0.2, 0) is 5.41 Å². The Labute approximate surface area is 155 Å². The second-order valence-electron chi connectivity index (χ2n) is 7.44. The zero-order valence-electron chi connectivity index (χ0n) is 15.1. The average molecular weight is 384 g/mol. The van der Waals surface area contributed by atoms with Crippen LogP contribution >= 0.6 is 0 Å². The molecular weight excluding hydrogens is 361 g/mol. The Kier molecular flexibility index (Phi) is 5.29. The van der Waals surface area contributed by atoms with Crippen molar-refractivity contribution in [3.63, 3.8) is 0 Å². The highest BCUT2D eigenvalue weighted by molar-refractivity contribution is 5.42. The van der Waals surface area contributed by atoms with Crippen LogP contribution < -0.4 is 5.32 Å². The number of aliphatic hydroxyl groups excluding tert-OH is 2. The Bertz CT molecular complexity index is 725. The molecule has 1 aliphatic heterocycles. The zero-order chi connectivity index (χ0) is 19.8. The third-order valence-corrected chi connectivity index (χ3v) is 5.07. The van der Waals surface area contributed by atoms with Gasteiger partial charge in [0.15, 0.2) is 0 Å². The number of hydrogen-bond donors (Lipinski definition) is 3. The number of nitrogens with zero attached hydrogens (tertiary/aromatic N) is 3. The number of allylic oxidation sites excluding steroid dienone is 2. The number of anilines is 1. The first-order valence-corrected chi connectivity index (χ1v) is 8.71. The molecule has 1 fully saturated rings. The Morgan fingerprint density at radius 1 is 1.22 bits per heavy atom. The topological polar surface area (TPSA) is 81.5 Å². The Hall–Kier alpha value is -1.97. The van der Waals surface area contributed by atoms with E-state index in [0.717, 1.165) is 18.7 Å². The summed E-state index contributed by atoms with van der Waals surface area (Å²) in [5.74, 6) is 0.510. The van der Waals surface area contributed by atoms with E-state index in [1.807, 2.05) is 11.9 Å². The maximum absolute atomic E-state index is 12.8. The number of aromatic nitrogens is 2. The number of nitrogens with one attached hydrogen (secondary N) is 1. The number of β-amino-alcohol motifs (C(OH)–C–C–N with tert-alkyl or cyclic N) is 1. The summed E-state index contributed by atoms with van der Waals surface area (Å²) in [7, 11) is 1.92. The molecule has 0 amide bonds. The van der Waals surface area contributed by atoms with Gasteiger partial charge in [0, 0.05) is 19.1 Å². The quantitative estimate of drug-likeness (QED) is 0.735. The minimum absolute atomic E-state index is 0.0203. The van der Waals surface area contributed by atoms with Gasteiger partial charge in [0.25, 0.3) is 0 Å². The number of piperidine rings is 1. The molecule has 0 radical (unpaired) electrons. The fourth-order valence-corrected chi connectivity index (χ4v) is 3.48. The van der Waals surface area contributed by atoms with E-state index in [0.29, 0.717) is 24.5 Å². The molecule has 1 aromatic rings. The molecule has 2 heterocycles. The number of hydrogen-bond acceptors (Lipinski definition) is 6. The summed E-state index contributed by atoms with van der Waals surface area (Å²) in [5, 5.41) is 31.5. The molecule has 6 nitrogen and oxygen atoms in total. The van der Waals surface area contributed by atoms with Crippen molar-refractivity contribution < 1.29 is 23.4 Å². The van der Waals surface area contributed by atoms with Crippen LogP contribution in [0.3, 0.4) is 0 Å². The van der Waals surface area contributed by atoms with Gasteiger partial charge < -0.3 is 20.4 Å². The van der Waals surface area contributed by atoms with E-state index in [2.05, 4.69) is 15.5 Å². The van der Waals surface area contributed by atoms with Crippen molar-refractivity contribution in [2.45, 2.75) is 43.2 Å². The second-order valence-corrected chi connectivity index (χ2v) is 7.44. The zero-order valence-corrected chi connectivity index (χ0v) is 15.1. The molecule has 0 aromatic carbocycles. The Morgan fingerprint density at radius 3 is 2.52 bits per heavy atom. The van der Waals surface area contributed by atoms with E-state index < -0.39 is 29.4 Å². The van der Waals surface area contributed by atoms with Crippen molar-refractivity contribution >= 4 is 5.82 Å². The fourth-order valence-electron chi connectivity index (χ4n) is 3.48. The van der Waals surface area contributed by atoms with E-state index in [-0.39, 0.29) is 6.04 Å². The van der Waals surface area contributed by atoms with E-state index >= 15 is 0 Å². The predicted octanol–water partition coefficient (Wildman–Crippen LogP) is 1.63. The number of rotatable bonds is 3. The van der Waals surface area contributed by atoms with Crippen molar-refractivity contribution in [3.05, 3.63) is 41.6 Å². The highest BCUT2D eigenvalue weighted by Gasteiger charge is 2.41. The van der Waals surface area contributed by atoms with Gasteiger partial charge in [0.1, 0.15) is 5.82 Å². The third kappa shape index (κ3) is 4.31. The van der Waals surface area contributed by atoms with Gasteiger partial charge >= 0.3 is 6.18 Å². The van der Waals surface area contributed by atoms with Crippen molar-refractivity contribution in [1.29, 1.82) is 0 Å². The van der Waals surface area contributed by atoms with Crippen LogP contribution in [0.1, 0.15) is 19.0 Å². The Morgan fingerprint density at radius 2 is 1.96 bits per heavy atom. The normalized spacial score (nSPS) is 32.3. The van der Waals surface area contributed by atoms with Gasteiger partial charge in [-0.2, -0.15) is 18.3 Å². The molecule has 0 spiro atoms. The predicted molar refractivity (Wildman–Crippen MR) is 94.2 cm³/mol. The standard InChI is InChI=1S/C18H23F3N4O2/c1-17(6-5-11(7-15(17)27)18(19,20)21)14-3-4-16(24-23-14)22-12-8-13(26)10-25(2)9-12/h3-7,12-13,15,26-27H,8-10H2,1-2H3,(H,22,24)/t12-,13+,15?,17?/m1/s1. The molecule has 4 atom stereocenters. The average Bonchev–Trinajstić information content (AvgIpc) is 2.56. The molecular formula is C18H23F3N4O2. The molecule has 1 aliphatic carbocycles. The van der Waals surface area contributed by atoms with E-state index in [1.54, 1.807) is 19.1 Å². The van der Waals surface area contributed by atoms with Crippen molar-refractivity contribution in [1.82, 2.24) is 15.1 Å². The molecule has 9 heteroatoms. The van der Waals surface area contributed by atoms with Gasteiger partial charge in [0.2, 0.25) is 0 Å². The maximum Gasteiger partial charge on any atom is 0.416 e. The maximum atomic E-state index is 12.8. The number of aliphatic hydroxyl groups is 2. The first-order chi connectivity index (χ1) is 12.6. The van der Waals surface area contributed by atoms with Gasteiger partial charge in [0.05, 0.1) is 28.9 Å². The summed E-state index contributed by atoms with van der Waals surface area (Å²) in [4.78, 5) is 2.02. The van der Waals surface area contributed by atoms with Crippen molar-refractivity contribution in [2.24, 2.45) is 0 Å². The molecule has 1 aromatic heterocycles. The lowest BCUT2D eigenvalue weighted by Gasteiger charge is -2.34. The van der Waals surface area contributed by atoms with Gasteiger partial charge in [-0.1, -0.05) is 12.2 Å². The number of halogens is 3. The number of alkyl halides is 3. The van der Waals surface area contributed by atoms with Crippen LogP contribution in [0.25, 0.3) is 0 Å². The largest absolute Gasteiger partial charge is 0.416 e. The lowest BCUT2D eigenvalue weighted by Crippen LogP contribution is -2.46. The SMILES string of the molecule is CN1C[C@@H](O)C[C@@H](Nc2ccc(C3(C)C=CC(C(F)(F)F)=CC3O)nn2)C1. The summed E-state index contributed by atoms with van der Waals surface area (Å²) < 4.78 is 38.4. The number of likely N-dealkylation sites (N-methyl/N-ethyl adjacent to an activating group) is 1. The minimum atomic E-state index is -4.50. The highest BCUT2D eigenvalue weighted by Crippen LogP contribution is 2.37. The first-order valence-electron chi connectivity index (χ1n) is 8.71. The van der Waals surface area contributed by atoms with Gasteiger partial charge in [-0.3, -0.25) is 0 Å². The molecule has 0 saturated carbocycles. The summed E-state index contributed by atoms with van der Waals surface area (Å²) in [6.45, 7) is 2.99. The molecule has 27 heavy (non-hydrogen) atoms. The Balaban J connectivity index is 1.72. The summed E-state index contributed by atoms with van der Waals surface area (Å²) in [6.07, 6.45) is -2.62. The third-order valence-electron chi connectivity index (χ3n) is 5.07. The van der Waals surface area contributed by atoms with Crippen molar-refractivity contribution in [3.8, 4) is 0 Å². The molecule has 3 rings (SSSR count). The van der Waals surface area contributed by atoms with Gasteiger partial charge in [-0.05, 0) is 38.6 Å². The summed E-state index contributed by atoms with van der Waals surface area (Å²) in [6, 6.07) is 3.34. The lowest BCUT2D eigenvalue weighted by atomic mass is 9.76. The monoisotopic (exact) mass is 384 g/mol. The lowest BCUT2D eigenvalue weighted by molar-refractivity contribution is -0.0898. The van der Waals surface area contributed by atoms with Crippen molar-refractivity contribution in [2.75, 3.05) is 25.5 Å². The first kappa shape index (κ1) is 19.8. The smallest absolute Gasteiger partial charge is 0.392 e. The molecule has 3 N–H and O–H groups in total.